The number of benzene rings is 2. The van der Waals surface area contributed by atoms with Crippen LogP contribution < -0.4 is 5.32 Å². The number of carbonyl (C=O) groups excluding carboxylic acids is 2. The summed E-state index contributed by atoms with van der Waals surface area (Å²) in [7, 11) is 0. The third kappa shape index (κ3) is 5.83. The summed E-state index contributed by atoms with van der Waals surface area (Å²) in [5.41, 5.74) is 2.37. The highest BCUT2D eigenvalue weighted by Gasteiger charge is 2.26. The van der Waals surface area contributed by atoms with E-state index >= 15 is 0 Å². The molecule has 1 aliphatic heterocycles. The second-order valence-electron chi connectivity index (χ2n) is 7.06. The minimum absolute atomic E-state index is 0.417. The van der Waals surface area contributed by atoms with E-state index in [0.717, 1.165) is 24.8 Å². The van der Waals surface area contributed by atoms with Gasteiger partial charge in [0.2, 0.25) is 0 Å². The van der Waals surface area contributed by atoms with Gasteiger partial charge in [-0.3, -0.25) is 9.59 Å². The molecule has 2 aromatic carbocycles. The number of piperidine rings is 1. The van der Waals surface area contributed by atoms with Gasteiger partial charge in [-0.05, 0) is 54.9 Å². The van der Waals surface area contributed by atoms with Crippen molar-refractivity contribution in [2.24, 2.45) is 5.92 Å². The van der Waals surface area contributed by atoms with Crippen LogP contribution in [0.5, 0.6) is 0 Å². The minimum Gasteiger partial charge on any atom is -0.347 e. The first-order chi connectivity index (χ1) is 13.1. The first kappa shape index (κ1) is 19.4. The molecule has 1 fully saturated rings. The third-order valence-electron chi connectivity index (χ3n) is 5.05. The van der Waals surface area contributed by atoms with Crippen molar-refractivity contribution in [3.63, 3.8) is 0 Å². The molecule has 2 aromatic rings. The van der Waals surface area contributed by atoms with Gasteiger partial charge in [-0.1, -0.05) is 54.1 Å². The number of rotatable bonds is 5. The van der Waals surface area contributed by atoms with Gasteiger partial charge >= 0.3 is 11.8 Å². The van der Waals surface area contributed by atoms with Crippen LogP contribution >= 0.6 is 11.6 Å². The van der Waals surface area contributed by atoms with Crippen LogP contribution in [-0.4, -0.2) is 36.3 Å². The molecular formula is C22H25ClN2O2. The number of hydrogen-bond acceptors (Lipinski definition) is 2. The molecule has 0 radical (unpaired) electrons. The molecular weight excluding hydrogens is 360 g/mol. The van der Waals surface area contributed by atoms with Crippen molar-refractivity contribution < 1.29 is 9.59 Å². The van der Waals surface area contributed by atoms with Crippen LogP contribution in [0.4, 0.5) is 0 Å². The van der Waals surface area contributed by atoms with E-state index in [2.05, 4.69) is 29.6 Å². The predicted molar refractivity (Wildman–Crippen MR) is 108 cm³/mol. The fraction of sp³-hybridized carbons (Fsp3) is 0.364. The van der Waals surface area contributed by atoms with Gasteiger partial charge in [-0.25, -0.2) is 0 Å². The van der Waals surface area contributed by atoms with Crippen molar-refractivity contribution in [3.05, 3.63) is 70.7 Å². The first-order valence-corrected chi connectivity index (χ1v) is 9.85. The van der Waals surface area contributed by atoms with Gasteiger partial charge in [0.15, 0.2) is 0 Å². The normalized spacial score (nSPS) is 14.8. The van der Waals surface area contributed by atoms with Crippen molar-refractivity contribution in [2.45, 2.75) is 25.7 Å². The molecule has 3 rings (SSSR count). The summed E-state index contributed by atoms with van der Waals surface area (Å²) in [5, 5.41) is 3.40. The maximum Gasteiger partial charge on any atom is 0.311 e. The molecule has 0 spiro atoms. The van der Waals surface area contributed by atoms with Crippen molar-refractivity contribution in [3.8, 4) is 0 Å². The number of likely N-dealkylation sites (tertiary alicyclic amines) is 1. The fourth-order valence-electron chi connectivity index (χ4n) is 3.52. The lowest BCUT2D eigenvalue weighted by Crippen LogP contribution is -2.47. The second-order valence-corrected chi connectivity index (χ2v) is 7.50. The quantitative estimate of drug-likeness (QED) is 0.802. The summed E-state index contributed by atoms with van der Waals surface area (Å²) in [6.07, 6.45) is 3.57. The summed E-state index contributed by atoms with van der Waals surface area (Å²) < 4.78 is 0. The fourth-order valence-corrected chi connectivity index (χ4v) is 3.73. The molecule has 27 heavy (non-hydrogen) atoms. The molecule has 4 nitrogen and oxygen atoms in total. The molecule has 1 aliphatic rings. The van der Waals surface area contributed by atoms with Crippen molar-refractivity contribution in [1.29, 1.82) is 0 Å². The summed E-state index contributed by atoms with van der Waals surface area (Å²) in [4.78, 5) is 26.2. The predicted octanol–water partition coefficient (Wildman–Crippen LogP) is 3.48. The Balaban J connectivity index is 1.40. The van der Waals surface area contributed by atoms with Gasteiger partial charge in [0.05, 0.1) is 0 Å². The number of amides is 2. The van der Waals surface area contributed by atoms with Crippen LogP contribution in [0.25, 0.3) is 0 Å². The third-order valence-corrected chi connectivity index (χ3v) is 5.29. The smallest absolute Gasteiger partial charge is 0.311 e. The van der Waals surface area contributed by atoms with Crippen molar-refractivity contribution in [2.75, 3.05) is 19.6 Å². The van der Waals surface area contributed by atoms with Crippen LogP contribution in [0.15, 0.2) is 54.6 Å². The van der Waals surface area contributed by atoms with E-state index in [-0.39, 0.29) is 0 Å². The van der Waals surface area contributed by atoms with E-state index in [4.69, 9.17) is 11.6 Å². The van der Waals surface area contributed by atoms with Crippen LogP contribution in [0.3, 0.4) is 0 Å². The standard InChI is InChI=1S/C22H25ClN2O2/c23-20-8-4-7-18(16-20)9-12-24-21(26)22(27)25-13-10-19(11-14-25)15-17-5-2-1-3-6-17/h1-8,16,19H,9-15H2,(H,24,26). The molecule has 1 saturated heterocycles. The monoisotopic (exact) mass is 384 g/mol. The SMILES string of the molecule is O=C(NCCc1cccc(Cl)c1)C(=O)N1CCC(Cc2ccccc2)CC1. The Labute approximate surface area is 165 Å². The van der Waals surface area contributed by atoms with E-state index < -0.39 is 11.8 Å². The average Bonchev–Trinajstić information content (AvgIpc) is 2.69. The Hall–Kier alpha value is -2.33. The Morgan fingerprint density at radius 3 is 2.41 bits per heavy atom. The highest BCUT2D eigenvalue weighted by molar-refractivity contribution is 6.35. The number of halogens is 1. The molecule has 1 N–H and O–H groups in total. The Morgan fingerprint density at radius 1 is 1.00 bits per heavy atom. The van der Waals surface area contributed by atoms with Crippen LogP contribution in [0, 0.1) is 5.92 Å². The van der Waals surface area contributed by atoms with Gasteiger partial charge in [-0.15, -0.1) is 0 Å². The van der Waals surface area contributed by atoms with E-state index in [1.54, 1.807) is 4.90 Å². The molecule has 5 heteroatoms. The van der Waals surface area contributed by atoms with E-state index in [1.165, 1.54) is 5.56 Å². The van der Waals surface area contributed by atoms with Gasteiger partial charge in [-0.2, -0.15) is 0 Å². The van der Waals surface area contributed by atoms with Gasteiger partial charge in [0.1, 0.15) is 0 Å². The summed E-state index contributed by atoms with van der Waals surface area (Å²) in [6.45, 7) is 1.73. The lowest BCUT2D eigenvalue weighted by Gasteiger charge is -2.31. The van der Waals surface area contributed by atoms with Crippen molar-refractivity contribution in [1.82, 2.24) is 10.2 Å². The Kier molecular flexibility index (Phi) is 6.88. The first-order valence-electron chi connectivity index (χ1n) is 9.47. The lowest BCUT2D eigenvalue weighted by molar-refractivity contribution is -0.146. The largest absolute Gasteiger partial charge is 0.347 e. The molecule has 2 amide bonds. The molecule has 0 bridgehead atoms. The number of nitrogens with zero attached hydrogens (tertiary/aromatic N) is 1. The van der Waals surface area contributed by atoms with E-state index in [0.29, 0.717) is 37.0 Å². The van der Waals surface area contributed by atoms with Gasteiger partial charge < -0.3 is 10.2 Å². The summed E-state index contributed by atoms with van der Waals surface area (Å²) in [6, 6.07) is 17.9. The molecule has 0 aliphatic carbocycles. The van der Waals surface area contributed by atoms with Crippen LogP contribution in [-0.2, 0) is 22.4 Å². The summed E-state index contributed by atoms with van der Waals surface area (Å²) >= 11 is 5.95. The van der Waals surface area contributed by atoms with E-state index in [9.17, 15) is 9.59 Å². The molecule has 0 aromatic heterocycles. The lowest BCUT2D eigenvalue weighted by atomic mass is 9.90. The van der Waals surface area contributed by atoms with Crippen LogP contribution in [0.2, 0.25) is 5.02 Å². The second kappa shape index (κ2) is 9.56. The number of hydrogen-bond donors (Lipinski definition) is 1. The maximum atomic E-state index is 12.4. The summed E-state index contributed by atoms with van der Waals surface area (Å²) in [5.74, 6) is -0.361. The highest BCUT2D eigenvalue weighted by atomic mass is 35.5. The van der Waals surface area contributed by atoms with E-state index in [1.807, 2.05) is 30.3 Å². The zero-order chi connectivity index (χ0) is 19.1. The average molecular weight is 385 g/mol. The molecule has 0 saturated carbocycles. The number of carbonyl (C=O) groups is 2. The Morgan fingerprint density at radius 2 is 1.70 bits per heavy atom. The topological polar surface area (TPSA) is 49.4 Å². The van der Waals surface area contributed by atoms with Crippen LogP contribution in [0.1, 0.15) is 24.0 Å². The van der Waals surface area contributed by atoms with Gasteiger partial charge in [0, 0.05) is 24.7 Å². The molecule has 142 valence electrons. The zero-order valence-electron chi connectivity index (χ0n) is 15.4. The van der Waals surface area contributed by atoms with Gasteiger partial charge in [0.25, 0.3) is 0 Å². The highest BCUT2D eigenvalue weighted by Crippen LogP contribution is 2.21. The molecule has 1 heterocycles. The minimum atomic E-state index is -0.515. The zero-order valence-corrected chi connectivity index (χ0v) is 16.1. The molecule has 0 unspecified atom stereocenters. The Bertz CT molecular complexity index is 771. The molecule has 0 atom stereocenters. The number of nitrogens with one attached hydrogen (secondary N) is 1. The van der Waals surface area contributed by atoms with Crippen molar-refractivity contribution >= 4 is 23.4 Å². The maximum absolute atomic E-state index is 12.4.